The predicted octanol–water partition coefficient (Wildman–Crippen LogP) is 5.37. The van der Waals surface area contributed by atoms with Crippen molar-refractivity contribution in [3.63, 3.8) is 0 Å². The monoisotopic (exact) mass is 411 g/mol. The number of amides is 1. The molecule has 4 aromatic rings. The van der Waals surface area contributed by atoms with E-state index in [0.29, 0.717) is 27.9 Å². The van der Waals surface area contributed by atoms with Crippen LogP contribution in [0.1, 0.15) is 20.9 Å². The van der Waals surface area contributed by atoms with Gasteiger partial charge in [-0.3, -0.25) is 9.48 Å². The number of hydrogen-bond donors (Lipinski definition) is 1. The number of halogens is 1. The van der Waals surface area contributed by atoms with Gasteiger partial charge < -0.3 is 10.1 Å². The van der Waals surface area contributed by atoms with Gasteiger partial charge in [-0.2, -0.15) is 5.10 Å². The van der Waals surface area contributed by atoms with Crippen molar-refractivity contribution in [2.45, 2.75) is 13.5 Å². The minimum absolute atomic E-state index is 0.172. The Kier molecular flexibility index (Phi) is 5.07. The van der Waals surface area contributed by atoms with E-state index in [1.54, 1.807) is 7.11 Å². The van der Waals surface area contributed by atoms with Crippen LogP contribution in [0.25, 0.3) is 10.2 Å². The van der Waals surface area contributed by atoms with Gasteiger partial charge in [0.2, 0.25) is 0 Å². The molecule has 28 heavy (non-hydrogen) atoms. The molecule has 2 heterocycles. The lowest BCUT2D eigenvalue weighted by Gasteiger charge is -2.08. The first-order valence-corrected chi connectivity index (χ1v) is 9.91. The summed E-state index contributed by atoms with van der Waals surface area (Å²) in [5.41, 5.74) is 2.51. The highest BCUT2D eigenvalue weighted by Crippen LogP contribution is 2.31. The van der Waals surface area contributed by atoms with Crippen LogP contribution in [0.4, 0.5) is 5.69 Å². The Labute approximate surface area is 171 Å². The Morgan fingerprint density at radius 3 is 2.75 bits per heavy atom. The molecule has 1 N–H and O–H groups in total. The molecule has 0 radical (unpaired) electrons. The van der Waals surface area contributed by atoms with Crippen LogP contribution in [0.15, 0.2) is 54.6 Å². The summed E-state index contributed by atoms with van der Waals surface area (Å²) in [6, 6.07) is 16.9. The second-order valence-electron chi connectivity index (χ2n) is 6.32. The molecule has 0 aliphatic carbocycles. The number of benzene rings is 2. The summed E-state index contributed by atoms with van der Waals surface area (Å²) < 4.78 is 7.20. The van der Waals surface area contributed by atoms with Crippen LogP contribution in [0, 0.1) is 6.92 Å². The Morgan fingerprint density at radius 2 is 1.96 bits per heavy atom. The molecule has 0 saturated heterocycles. The summed E-state index contributed by atoms with van der Waals surface area (Å²) in [4.78, 5) is 14.3. The highest BCUT2D eigenvalue weighted by molar-refractivity contribution is 7.20. The fraction of sp³-hybridized carbons (Fsp3) is 0.143. The average molecular weight is 412 g/mol. The van der Waals surface area contributed by atoms with Crippen molar-refractivity contribution in [1.82, 2.24) is 9.78 Å². The highest BCUT2D eigenvalue weighted by atomic mass is 35.5. The maximum atomic E-state index is 12.8. The van der Waals surface area contributed by atoms with E-state index >= 15 is 0 Å². The van der Waals surface area contributed by atoms with Gasteiger partial charge in [0.1, 0.15) is 10.6 Å². The van der Waals surface area contributed by atoms with E-state index in [1.807, 2.05) is 66.2 Å². The van der Waals surface area contributed by atoms with Gasteiger partial charge in [0.05, 0.1) is 29.9 Å². The number of thiophene rings is 1. The normalized spacial score (nSPS) is 11.0. The lowest BCUT2D eigenvalue weighted by molar-refractivity contribution is 0.103. The number of nitrogens with one attached hydrogen (secondary N) is 1. The van der Waals surface area contributed by atoms with Crippen molar-refractivity contribution in [2.75, 3.05) is 12.4 Å². The smallest absolute Gasteiger partial charge is 0.265 e. The standard InChI is InChI=1S/C21H18ClN3O2S/c1-13-15-11-19(20(26)23-17-9-5-6-10-18(17)27-2)28-21(15)25(24-13)12-14-7-3-4-8-16(14)22/h3-11H,12H2,1-2H3,(H,23,26). The van der Waals surface area contributed by atoms with E-state index in [-0.39, 0.29) is 5.91 Å². The molecule has 0 unspecified atom stereocenters. The number of anilines is 1. The van der Waals surface area contributed by atoms with Crippen molar-refractivity contribution in [3.05, 3.63) is 75.8 Å². The van der Waals surface area contributed by atoms with Crippen LogP contribution in [0.3, 0.4) is 0 Å². The average Bonchev–Trinajstić information content (AvgIpc) is 3.26. The maximum absolute atomic E-state index is 12.8. The van der Waals surface area contributed by atoms with E-state index in [1.165, 1.54) is 11.3 Å². The molecule has 0 aliphatic heterocycles. The SMILES string of the molecule is COc1ccccc1NC(=O)c1cc2c(C)nn(Cc3ccccc3Cl)c2s1. The van der Waals surface area contributed by atoms with Crippen molar-refractivity contribution in [2.24, 2.45) is 0 Å². The molecular weight excluding hydrogens is 394 g/mol. The van der Waals surface area contributed by atoms with E-state index in [2.05, 4.69) is 10.4 Å². The lowest BCUT2D eigenvalue weighted by atomic mass is 10.2. The first-order chi connectivity index (χ1) is 13.6. The van der Waals surface area contributed by atoms with E-state index in [4.69, 9.17) is 16.3 Å². The zero-order valence-electron chi connectivity index (χ0n) is 15.4. The molecule has 0 atom stereocenters. The van der Waals surface area contributed by atoms with Gasteiger partial charge in [-0.1, -0.05) is 41.9 Å². The van der Waals surface area contributed by atoms with Crippen LogP contribution in [-0.2, 0) is 6.54 Å². The molecule has 5 nitrogen and oxygen atoms in total. The van der Waals surface area contributed by atoms with Gasteiger partial charge in [-0.25, -0.2) is 0 Å². The highest BCUT2D eigenvalue weighted by Gasteiger charge is 2.18. The van der Waals surface area contributed by atoms with Gasteiger partial charge in [0.15, 0.2) is 0 Å². The number of aryl methyl sites for hydroxylation is 1. The van der Waals surface area contributed by atoms with Crippen LogP contribution >= 0.6 is 22.9 Å². The molecule has 0 fully saturated rings. The number of nitrogens with zero attached hydrogens (tertiary/aromatic N) is 2. The van der Waals surface area contributed by atoms with Gasteiger partial charge in [0, 0.05) is 10.4 Å². The van der Waals surface area contributed by atoms with Crippen LogP contribution in [-0.4, -0.2) is 22.8 Å². The minimum Gasteiger partial charge on any atom is -0.495 e. The molecule has 0 bridgehead atoms. The predicted molar refractivity (Wildman–Crippen MR) is 114 cm³/mol. The van der Waals surface area contributed by atoms with Crippen molar-refractivity contribution >= 4 is 44.7 Å². The quantitative estimate of drug-likeness (QED) is 0.480. The fourth-order valence-electron chi connectivity index (χ4n) is 3.05. The number of hydrogen-bond acceptors (Lipinski definition) is 4. The Bertz CT molecular complexity index is 1170. The summed E-state index contributed by atoms with van der Waals surface area (Å²) in [5, 5.41) is 9.21. The zero-order chi connectivity index (χ0) is 19.7. The van der Waals surface area contributed by atoms with Gasteiger partial charge >= 0.3 is 0 Å². The molecule has 142 valence electrons. The van der Waals surface area contributed by atoms with Crippen molar-refractivity contribution in [1.29, 1.82) is 0 Å². The molecule has 2 aromatic heterocycles. The summed E-state index contributed by atoms with van der Waals surface area (Å²) >= 11 is 7.71. The summed E-state index contributed by atoms with van der Waals surface area (Å²) in [6.07, 6.45) is 0. The van der Waals surface area contributed by atoms with Crippen LogP contribution in [0.5, 0.6) is 5.75 Å². The number of methoxy groups -OCH3 is 1. The minimum atomic E-state index is -0.172. The number of rotatable bonds is 5. The summed E-state index contributed by atoms with van der Waals surface area (Å²) in [7, 11) is 1.58. The molecule has 0 spiro atoms. The first kappa shape index (κ1) is 18.5. The van der Waals surface area contributed by atoms with E-state index < -0.39 is 0 Å². The van der Waals surface area contributed by atoms with E-state index in [0.717, 1.165) is 21.5 Å². The second kappa shape index (κ2) is 7.66. The lowest BCUT2D eigenvalue weighted by Crippen LogP contribution is -2.11. The van der Waals surface area contributed by atoms with Gasteiger partial charge in [0.25, 0.3) is 5.91 Å². The van der Waals surface area contributed by atoms with Gasteiger partial charge in [-0.15, -0.1) is 11.3 Å². The largest absolute Gasteiger partial charge is 0.495 e. The first-order valence-electron chi connectivity index (χ1n) is 8.71. The molecule has 2 aromatic carbocycles. The number of carbonyl (C=O) groups is 1. The van der Waals surface area contributed by atoms with Crippen LogP contribution < -0.4 is 10.1 Å². The Balaban J connectivity index is 1.64. The zero-order valence-corrected chi connectivity index (χ0v) is 17.0. The third-order valence-electron chi connectivity index (χ3n) is 4.46. The number of carbonyl (C=O) groups excluding carboxylic acids is 1. The van der Waals surface area contributed by atoms with E-state index in [9.17, 15) is 4.79 Å². The maximum Gasteiger partial charge on any atom is 0.265 e. The Morgan fingerprint density at radius 1 is 1.21 bits per heavy atom. The molecule has 4 rings (SSSR count). The third-order valence-corrected chi connectivity index (χ3v) is 5.98. The third kappa shape index (κ3) is 3.48. The number of fused-ring (bicyclic) bond motifs is 1. The molecule has 1 amide bonds. The van der Waals surface area contributed by atoms with Gasteiger partial charge in [-0.05, 0) is 36.8 Å². The van der Waals surface area contributed by atoms with Crippen LogP contribution in [0.2, 0.25) is 5.02 Å². The topological polar surface area (TPSA) is 56.1 Å². The molecule has 7 heteroatoms. The second-order valence-corrected chi connectivity index (χ2v) is 7.76. The number of aromatic nitrogens is 2. The Hall–Kier alpha value is -2.83. The number of ether oxygens (including phenoxy) is 1. The summed E-state index contributed by atoms with van der Waals surface area (Å²) in [6.45, 7) is 2.50. The van der Waals surface area contributed by atoms with Crippen molar-refractivity contribution < 1.29 is 9.53 Å². The van der Waals surface area contributed by atoms with Crippen molar-refractivity contribution in [3.8, 4) is 5.75 Å². The summed E-state index contributed by atoms with van der Waals surface area (Å²) in [5.74, 6) is 0.451. The fourth-order valence-corrected chi connectivity index (χ4v) is 4.30. The number of para-hydroxylation sites is 2. The molecular formula is C21H18ClN3O2S. The molecule has 0 saturated carbocycles. The molecule has 0 aliphatic rings.